The maximum atomic E-state index is 13.5. The van der Waals surface area contributed by atoms with Gasteiger partial charge in [-0.05, 0) is 0 Å². The number of carbonyl (C=O) groups is 1. The van der Waals surface area contributed by atoms with Gasteiger partial charge in [0.25, 0.3) is 5.78 Å². The Hall–Kier alpha value is -1.63. The summed E-state index contributed by atoms with van der Waals surface area (Å²) in [5, 5.41) is 0. The van der Waals surface area contributed by atoms with E-state index in [2.05, 4.69) is 0 Å². The standard InChI is InChI=1S/C9F18O2/c10-2(5(14,15)16,6(17,18)19)1(28)3(11,7(20,21)22)29-9(26,27)4(12,13)8(23,24)25/t3-/m1/s1. The van der Waals surface area contributed by atoms with Gasteiger partial charge in [-0.2, -0.15) is 74.6 Å². The van der Waals surface area contributed by atoms with Crippen LogP contribution >= 0.6 is 0 Å². The van der Waals surface area contributed by atoms with Gasteiger partial charge in [0.15, 0.2) is 0 Å². The van der Waals surface area contributed by atoms with Crippen molar-refractivity contribution in [1.29, 1.82) is 0 Å². The van der Waals surface area contributed by atoms with Crippen LogP contribution in [0.25, 0.3) is 0 Å². The third kappa shape index (κ3) is 4.16. The molecule has 29 heavy (non-hydrogen) atoms. The molecule has 0 bridgehead atoms. The summed E-state index contributed by atoms with van der Waals surface area (Å²) in [5.41, 5.74) is -8.02. The number of ketones is 1. The molecular formula is C9F18O2. The molecule has 0 fully saturated rings. The molecule has 0 rings (SSSR count). The molecular weight excluding hydrogens is 482 g/mol. The molecule has 0 saturated carbocycles. The monoisotopic (exact) mass is 482 g/mol. The van der Waals surface area contributed by atoms with E-state index >= 15 is 0 Å². The van der Waals surface area contributed by atoms with Gasteiger partial charge in [0.1, 0.15) is 0 Å². The summed E-state index contributed by atoms with van der Waals surface area (Å²) in [6.07, 6.45) is -39.3. The Morgan fingerprint density at radius 1 is 0.483 bits per heavy atom. The molecule has 2 nitrogen and oxygen atoms in total. The summed E-state index contributed by atoms with van der Waals surface area (Å²) in [7, 11) is 0. The second-order valence-electron chi connectivity index (χ2n) is 4.77. The highest BCUT2D eigenvalue weighted by Crippen LogP contribution is 2.55. The second-order valence-corrected chi connectivity index (χ2v) is 4.77. The molecule has 0 aromatic carbocycles. The molecule has 0 unspecified atom stereocenters. The van der Waals surface area contributed by atoms with Gasteiger partial charge in [-0.25, -0.2) is 4.39 Å². The first-order valence-electron chi connectivity index (χ1n) is 5.76. The number of halogens is 18. The maximum Gasteiger partial charge on any atom is 0.462 e. The van der Waals surface area contributed by atoms with Gasteiger partial charge in [-0.3, -0.25) is 9.53 Å². The highest BCUT2D eigenvalue weighted by molar-refractivity contribution is 5.96. The summed E-state index contributed by atoms with van der Waals surface area (Å²) < 4.78 is 224. The van der Waals surface area contributed by atoms with E-state index in [1.807, 2.05) is 0 Å². The average Bonchev–Trinajstić information content (AvgIpc) is 2.39. The van der Waals surface area contributed by atoms with E-state index in [0.717, 1.165) is 0 Å². The fraction of sp³-hybridized carbons (Fsp3) is 0.889. The van der Waals surface area contributed by atoms with Gasteiger partial charge in [-0.15, -0.1) is 0 Å². The van der Waals surface area contributed by atoms with Crippen LogP contribution in [0.5, 0.6) is 0 Å². The Bertz CT molecular complexity index is 605. The fourth-order valence-electron chi connectivity index (χ4n) is 1.28. The number of alkyl halides is 18. The summed E-state index contributed by atoms with van der Waals surface area (Å²) in [5.74, 6) is -21.6. The quantitative estimate of drug-likeness (QED) is 0.490. The van der Waals surface area contributed by atoms with Crippen molar-refractivity contribution in [1.82, 2.24) is 0 Å². The molecule has 0 aliphatic rings. The lowest BCUT2D eigenvalue weighted by molar-refractivity contribution is -0.475. The maximum absolute atomic E-state index is 13.5. The van der Waals surface area contributed by atoms with Gasteiger partial charge in [0.2, 0.25) is 0 Å². The molecule has 0 radical (unpaired) electrons. The molecule has 174 valence electrons. The Morgan fingerprint density at radius 2 is 0.793 bits per heavy atom. The van der Waals surface area contributed by atoms with Crippen LogP contribution in [-0.4, -0.2) is 54.0 Å². The normalized spacial score (nSPS) is 17.9. The summed E-state index contributed by atoms with van der Waals surface area (Å²) >= 11 is 0. The molecule has 0 amide bonds. The van der Waals surface area contributed by atoms with E-state index in [0.29, 0.717) is 0 Å². The van der Waals surface area contributed by atoms with Crippen LogP contribution in [0, 0.1) is 0 Å². The first-order valence-corrected chi connectivity index (χ1v) is 5.76. The number of hydrogen-bond donors (Lipinski definition) is 0. The van der Waals surface area contributed by atoms with Gasteiger partial charge in [0.05, 0.1) is 0 Å². The minimum atomic E-state index is -8.02. The van der Waals surface area contributed by atoms with E-state index in [1.54, 1.807) is 0 Å². The number of carbonyl (C=O) groups excluding carboxylic acids is 1. The molecule has 0 aliphatic carbocycles. The van der Waals surface area contributed by atoms with Crippen molar-refractivity contribution in [2.45, 2.75) is 48.3 Å². The summed E-state index contributed by atoms with van der Waals surface area (Å²) in [6.45, 7) is 0. The van der Waals surface area contributed by atoms with Crippen LogP contribution in [0.3, 0.4) is 0 Å². The zero-order valence-electron chi connectivity index (χ0n) is 12.1. The highest BCUT2D eigenvalue weighted by Gasteiger charge is 2.87. The second kappa shape index (κ2) is 6.69. The number of hydrogen-bond acceptors (Lipinski definition) is 2. The van der Waals surface area contributed by atoms with Crippen LogP contribution in [0.1, 0.15) is 0 Å². The Balaban J connectivity index is 6.83. The van der Waals surface area contributed by atoms with Crippen molar-refractivity contribution in [3.63, 3.8) is 0 Å². The molecule has 0 heterocycles. The van der Waals surface area contributed by atoms with Crippen LogP contribution in [0.2, 0.25) is 0 Å². The molecule has 0 aromatic rings. The topological polar surface area (TPSA) is 26.3 Å². The number of ether oxygens (including phenoxy) is 1. The highest BCUT2D eigenvalue weighted by atomic mass is 19.4. The van der Waals surface area contributed by atoms with Gasteiger partial charge < -0.3 is 0 Å². The SMILES string of the molecule is O=C(C(F)(C(F)(F)F)C(F)(F)F)[C@@](F)(OC(F)(F)C(F)(F)C(F)(F)F)C(F)(F)F. The first-order chi connectivity index (χ1) is 12.1. The summed E-state index contributed by atoms with van der Waals surface area (Å²) in [4.78, 5) is 10.8. The van der Waals surface area contributed by atoms with Gasteiger partial charge >= 0.3 is 48.3 Å². The Morgan fingerprint density at radius 3 is 1.00 bits per heavy atom. The molecule has 0 N–H and O–H groups in total. The van der Waals surface area contributed by atoms with Crippen LogP contribution in [0.4, 0.5) is 79.0 Å². The van der Waals surface area contributed by atoms with Crippen LogP contribution < -0.4 is 0 Å². The largest absolute Gasteiger partial charge is 0.462 e. The third-order valence-electron chi connectivity index (χ3n) is 2.74. The van der Waals surface area contributed by atoms with E-state index in [-0.39, 0.29) is 0 Å². The summed E-state index contributed by atoms with van der Waals surface area (Å²) in [6, 6.07) is 0. The van der Waals surface area contributed by atoms with E-state index in [4.69, 9.17) is 0 Å². The lowest BCUT2D eigenvalue weighted by Gasteiger charge is -2.37. The zero-order valence-corrected chi connectivity index (χ0v) is 12.1. The third-order valence-corrected chi connectivity index (χ3v) is 2.74. The predicted octanol–water partition coefficient (Wildman–Crippen LogP) is 5.42. The lowest BCUT2D eigenvalue weighted by atomic mass is 9.92. The fourth-order valence-corrected chi connectivity index (χ4v) is 1.28. The molecule has 20 heteroatoms. The van der Waals surface area contributed by atoms with E-state index in [9.17, 15) is 83.8 Å². The Kier molecular flexibility index (Phi) is 6.31. The van der Waals surface area contributed by atoms with Gasteiger partial charge in [0, 0.05) is 0 Å². The minimum absolute atomic E-state index is 1.19. The lowest BCUT2D eigenvalue weighted by Crippen LogP contribution is -2.70. The number of Topliss-reactive ketones (excluding diaryl/α,β-unsaturated/α-hetero) is 1. The average molecular weight is 482 g/mol. The number of rotatable bonds is 5. The van der Waals surface area contributed by atoms with Crippen molar-refractivity contribution in [3.8, 4) is 0 Å². The van der Waals surface area contributed by atoms with Crippen molar-refractivity contribution in [2.24, 2.45) is 0 Å². The smallest absolute Gasteiger partial charge is 0.288 e. The van der Waals surface area contributed by atoms with Gasteiger partial charge in [-0.1, -0.05) is 0 Å². The molecule has 0 aromatic heterocycles. The zero-order chi connectivity index (χ0) is 24.3. The van der Waals surface area contributed by atoms with Crippen molar-refractivity contribution < 1.29 is 88.6 Å². The molecule has 0 aliphatic heterocycles. The van der Waals surface area contributed by atoms with Crippen molar-refractivity contribution in [2.75, 3.05) is 0 Å². The van der Waals surface area contributed by atoms with E-state index in [1.165, 1.54) is 4.74 Å². The van der Waals surface area contributed by atoms with Crippen LogP contribution in [0.15, 0.2) is 0 Å². The minimum Gasteiger partial charge on any atom is -0.288 e. The van der Waals surface area contributed by atoms with E-state index < -0.39 is 54.0 Å². The van der Waals surface area contributed by atoms with Crippen molar-refractivity contribution in [3.05, 3.63) is 0 Å². The van der Waals surface area contributed by atoms with Crippen LogP contribution in [-0.2, 0) is 9.53 Å². The first kappa shape index (κ1) is 27.4. The predicted molar refractivity (Wildman–Crippen MR) is 47.9 cm³/mol. The molecule has 0 saturated heterocycles. The Labute approximate surface area is 144 Å². The molecule has 0 spiro atoms. The molecule has 1 atom stereocenters. The van der Waals surface area contributed by atoms with Crippen molar-refractivity contribution >= 4 is 5.78 Å².